The summed E-state index contributed by atoms with van der Waals surface area (Å²) in [7, 11) is 0. The average Bonchev–Trinajstić information content (AvgIpc) is 2.02. The maximum atomic E-state index is 12.0. The lowest BCUT2D eigenvalue weighted by molar-refractivity contribution is -0.141. The summed E-state index contributed by atoms with van der Waals surface area (Å²) in [5, 5.41) is 7.75. The van der Waals surface area contributed by atoms with E-state index >= 15 is 0 Å². The minimum Gasteiger partial charge on any atom is -0.240 e. The second-order valence-electron chi connectivity index (χ2n) is 2.00. The topological polar surface area (TPSA) is 49.6 Å². The molecule has 13 heavy (non-hydrogen) atoms. The summed E-state index contributed by atoms with van der Waals surface area (Å²) in [4.78, 5) is 6.16. The molecule has 0 saturated carbocycles. The Balaban J connectivity index is 3.20. The zero-order valence-corrected chi connectivity index (χ0v) is 6.69. The van der Waals surface area contributed by atoms with Crippen LogP contribution in [0, 0.1) is 11.3 Å². The average molecular weight is 208 g/mol. The van der Waals surface area contributed by atoms with Crippen molar-refractivity contribution >= 4 is 11.6 Å². The van der Waals surface area contributed by atoms with Crippen LogP contribution >= 0.6 is 11.6 Å². The molecule has 0 atom stereocenters. The number of nitrogens with zero attached hydrogens (tertiary/aromatic N) is 3. The molecule has 0 bridgehead atoms. The van der Waals surface area contributed by atoms with Crippen LogP contribution in [0.4, 0.5) is 13.2 Å². The summed E-state index contributed by atoms with van der Waals surface area (Å²) in [6.45, 7) is 0. The molecule has 1 rings (SSSR count). The molecule has 0 aliphatic heterocycles. The van der Waals surface area contributed by atoms with Crippen molar-refractivity contribution in [3.05, 3.63) is 22.7 Å². The SMILES string of the molecule is N#Cc1ncc(C(F)(F)F)nc1Cl. The number of alkyl halides is 3. The molecular weight excluding hydrogens is 207 g/mol. The van der Waals surface area contributed by atoms with Gasteiger partial charge < -0.3 is 0 Å². The van der Waals surface area contributed by atoms with Crippen molar-refractivity contribution in [3.63, 3.8) is 0 Å². The van der Waals surface area contributed by atoms with E-state index < -0.39 is 17.0 Å². The third-order valence-electron chi connectivity index (χ3n) is 1.13. The molecule has 0 N–H and O–H groups in total. The maximum Gasteiger partial charge on any atom is 0.434 e. The molecule has 0 saturated heterocycles. The zero-order chi connectivity index (χ0) is 10.1. The van der Waals surface area contributed by atoms with Gasteiger partial charge in [-0.2, -0.15) is 18.4 Å². The number of rotatable bonds is 0. The van der Waals surface area contributed by atoms with Gasteiger partial charge in [-0.1, -0.05) is 11.6 Å². The molecule has 0 amide bonds. The number of halogens is 4. The van der Waals surface area contributed by atoms with E-state index in [9.17, 15) is 13.2 Å². The van der Waals surface area contributed by atoms with Gasteiger partial charge >= 0.3 is 6.18 Å². The number of hydrogen-bond acceptors (Lipinski definition) is 3. The van der Waals surface area contributed by atoms with Gasteiger partial charge in [0, 0.05) is 0 Å². The minimum absolute atomic E-state index is 0.324. The summed E-state index contributed by atoms with van der Waals surface area (Å²) in [6, 6.07) is 1.50. The van der Waals surface area contributed by atoms with Crippen LogP contribution in [0.25, 0.3) is 0 Å². The molecule has 0 aromatic carbocycles. The molecular formula is C6HClF3N3. The third-order valence-corrected chi connectivity index (χ3v) is 1.39. The van der Waals surface area contributed by atoms with E-state index in [-0.39, 0.29) is 5.69 Å². The molecule has 0 spiro atoms. The van der Waals surface area contributed by atoms with Crippen molar-refractivity contribution < 1.29 is 13.2 Å². The Labute approximate surface area is 75.8 Å². The van der Waals surface area contributed by atoms with Crippen LogP contribution in [0.2, 0.25) is 5.15 Å². The van der Waals surface area contributed by atoms with Crippen molar-refractivity contribution in [1.82, 2.24) is 9.97 Å². The molecule has 0 aliphatic rings. The Morgan fingerprint density at radius 3 is 2.46 bits per heavy atom. The first kappa shape index (κ1) is 9.74. The van der Waals surface area contributed by atoms with Crippen LogP contribution < -0.4 is 0 Å². The van der Waals surface area contributed by atoms with Crippen molar-refractivity contribution in [3.8, 4) is 6.07 Å². The monoisotopic (exact) mass is 207 g/mol. The van der Waals surface area contributed by atoms with Crippen LogP contribution in [-0.4, -0.2) is 9.97 Å². The number of nitriles is 1. The van der Waals surface area contributed by atoms with Gasteiger partial charge in [-0.15, -0.1) is 0 Å². The van der Waals surface area contributed by atoms with Gasteiger partial charge in [0.25, 0.3) is 0 Å². The lowest BCUT2D eigenvalue weighted by atomic mass is 10.4. The van der Waals surface area contributed by atoms with Crippen LogP contribution in [0.3, 0.4) is 0 Å². The lowest BCUT2D eigenvalue weighted by Gasteiger charge is -2.04. The maximum absolute atomic E-state index is 12.0. The molecule has 0 aliphatic carbocycles. The Bertz CT molecular complexity index is 368. The standard InChI is InChI=1S/C6HClF3N3/c7-5-3(1-11)12-2-4(13-5)6(8,9)10/h2H. The van der Waals surface area contributed by atoms with Crippen LogP contribution in [0.5, 0.6) is 0 Å². The highest BCUT2D eigenvalue weighted by molar-refractivity contribution is 6.30. The minimum atomic E-state index is -4.59. The molecule has 1 aromatic heterocycles. The molecule has 0 unspecified atom stereocenters. The van der Waals surface area contributed by atoms with Gasteiger partial charge in [-0.25, -0.2) is 9.97 Å². The Hall–Kier alpha value is -1.35. The largest absolute Gasteiger partial charge is 0.434 e. The van der Waals surface area contributed by atoms with Crippen LogP contribution in [0.15, 0.2) is 6.20 Å². The van der Waals surface area contributed by atoms with E-state index in [4.69, 9.17) is 16.9 Å². The van der Waals surface area contributed by atoms with Crippen molar-refractivity contribution in [1.29, 1.82) is 5.26 Å². The predicted molar refractivity (Wildman–Crippen MR) is 36.8 cm³/mol. The Morgan fingerprint density at radius 2 is 2.08 bits per heavy atom. The highest BCUT2D eigenvalue weighted by Crippen LogP contribution is 2.28. The molecule has 3 nitrogen and oxygen atoms in total. The van der Waals surface area contributed by atoms with Gasteiger partial charge in [0.2, 0.25) is 0 Å². The van der Waals surface area contributed by atoms with Gasteiger partial charge in [-0.3, -0.25) is 0 Å². The number of hydrogen-bond donors (Lipinski definition) is 0. The van der Waals surface area contributed by atoms with Gasteiger partial charge in [-0.05, 0) is 0 Å². The summed E-state index contributed by atoms with van der Waals surface area (Å²) in [5.74, 6) is 0. The van der Waals surface area contributed by atoms with Crippen molar-refractivity contribution in [2.24, 2.45) is 0 Å². The first-order valence-electron chi connectivity index (χ1n) is 2.95. The Kier molecular flexibility index (Phi) is 2.38. The first-order valence-corrected chi connectivity index (χ1v) is 3.33. The van der Waals surface area contributed by atoms with E-state index in [2.05, 4.69) is 9.97 Å². The fraction of sp³-hybridized carbons (Fsp3) is 0.167. The molecule has 1 aromatic rings. The van der Waals surface area contributed by atoms with Gasteiger partial charge in [0.05, 0.1) is 6.20 Å². The first-order chi connectivity index (χ1) is 5.95. The lowest BCUT2D eigenvalue weighted by Crippen LogP contribution is -2.09. The van der Waals surface area contributed by atoms with Gasteiger partial charge in [0.1, 0.15) is 6.07 Å². The molecule has 0 radical (unpaired) electrons. The molecule has 68 valence electrons. The predicted octanol–water partition coefficient (Wildman–Crippen LogP) is 2.02. The third kappa shape index (κ3) is 2.06. The van der Waals surface area contributed by atoms with Crippen molar-refractivity contribution in [2.45, 2.75) is 6.18 Å². The molecule has 7 heteroatoms. The van der Waals surface area contributed by atoms with E-state index in [1.165, 1.54) is 6.07 Å². The highest BCUT2D eigenvalue weighted by atomic mass is 35.5. The van der Waals surface area contributed by atoms with E-state index in [0.717, 1.165) is 0 Å². The van der Waals surface area contributed by atoms with E-state index in [0.29, 0.717) is 6.20 Å². The molecule has 1 heterocycles. The van der Waals surface area contributed by atoms with Crippen LogP contribution in [-0.2, 0) is 6.18 Å². The summed E-state index contributed by atoms with van der Waals surface area (Å²) in [5.41, 5.74) is -1.54. The van der Waals surface area contributed by atoms with E-state index in [1.54, 1.807) is 0 Å². The summed E-state index contributed by atoms with van der Waals surface area (Å²) >= 11 is 5.24. The second kappa shape index (κ2) is 3.18. The second-order valence-corrected chi connectivity index (χ2v) is 2.36. The van der Waals surface area contributed by atoms with Crippen LogP contribution in [0.1, 0.15) is 11.4 Å². The van der Waals surface area contributed by atoms with E-state index in [1.807, 2.05) is 0 Å². The smallest absolute Gasteiger partial charge is 0.240 e. The quantitative estimate of drug-likeness (QED) is 0.654. The summed E-state index contributed by atoms with van der Waals surface area (Å²) < 4.78 is 35.9. The normalized spacial score (nSPS) is 11.0. The fourth-order valence-electron chi connectivity index (χ4n) is 0.578. The van der Waals surface area contributed by atoms with Gasteiger partial charge in [0.15, 0.2) is 16.5 Å². The summed E-state index contributed by atoms with van der Waals surface area (Å²) in [6.07, 6.45) is -4.13. The van der Waals surface area contributed by atoms with Crippen molar-refractivity contribution in [2.75, 3.05) is 0 Å². The Morgan fingerprint density at radius 1 is 1.46 bits per heavy atom. The molecule has 0 fully saturated rings. The highest BCUT2D eigenvalue weighted by Gasteiger charge is 2.33. The number of aromatic nitrogens is 2. The zero-order valence-electron chi connectivity index (χ0n) is 5.93. The fourth-order valence-corrected chi connectivity index (χ4v) is 0.760.